The highest BCUT2D eigenvalue weighted by Crippen LogP contribution is 2.34. The van der Waals surface area contributed by atoms with Crippen LogP contribution in [-0.4, -0.2) is 40.8 Å². The molecule has 11 heteroatoms. The zero-order valence-electron chi connectivity index (χ0n) is 23.8. The fourth-order valence-corrected chi connectivity index (χ4v) is 4.36. The van der Waals surface area contributed by atoms with Gasteiger partial charge in [-0.15, -0.1) is 0 Å². The van der Waals surface area contributed by atoms with Crippen LogP contribution in [0.15, 0.2) is 60.8 Å². The number of nitrogens with zero attached hydrogens (tertiary/aromatic N) is 2. The van der Waals surface area contributed by atoms with Crippen LogP contribution < -0.4 is 10.6 Å². The fourth-order valence-electron chi connectivity index (χ4n) is 4.36. The van der Waals surface area contributed by atoms with E-state index in [0.717, 1.165) is 23.3 Å². The summed E-state index contributed by atoms with van der Waals surface area (Å²) < 4.78 is 51.2. The van der Waals surface area contributed by atoms with Crippen molar-refractivity contribution in [2.45, 2.75) is 58.5 Å². The second-order valence-electron chi connectivity index (χ2n) is 10.9. The maximum Gasteiger partial charge on any atom is 0.416 e. The van der Waals surface area contributed by atoms with E-state index >= 15 is 0 Å². The Hall–Kier alpha value is -4.25. The van der Waals surface area contributed by atoms with Gasteiger partial charge < -0.3 is 20.1 Å². The van der Waals surface area contributed by atoms with Crippen LogP contribution in [0.25, 0.3) is 16.7 Å². The summed E-state index contributed by atoms with van der Waals surface area (Å²) >= 11 is 0. The summed E-state index contributed by atoms with van der Waals surface area (Å²) in [7, 11) is 0. The van der Waals surface area contributed by atoms with Crippen LogP contribution in [0.2, 0.25) is 0 Å². The van der Waals surface area contributed by atoms with Gasteiger partial charge in [-0.2, -0.15) is 13.2 Å². The van der Waals surface area contributed by atoms with Crippen LogP contribution in [0.1, 0.15) is 73.2 Å². The molecule has 0 bridgehead atoms. The molecule has 1 aromatic heterocycles. The van der Waals surface area contributed by atoms with Gasteiger partial charge in [-0.3, -0.25) is 4.79 Å². The molecule has 4 rings (SSSR count). The van der Waals surface area contributed by atoms with Crippen molar-refractivity contribution in [3.63, 3.8) is 0 Å². The van der Waals surface area contributed by atoms with Crippen molar-refractivity contribution < 1.29 is 32.2 Å². The first kappa shape index (κ1) is 30.7. The summed E-state index contributed by atoms with van der Waals surface area (Å²) in [6, 6.07) is 11.5. The molecular weight excluding hydrogens is 549 g/mol. The Kier molecular flexibility index (Phi) is 9.30. The number of carbonyl (C=O) groups is 2. The van der Waals surface area contributed by atoms with Crippen molar-refractivity contribution in [1.82, 2.24) is 20.6 Å². The highest BCUT2D eigenvalue weighted by molar-refractivity contribution is 5.91. The summed E-state index contributed by atoms with van der Waals surface area (Å²) in [4.78, 5) is 33.6. The maximum absolute atomic E-state index is 13.5. The lowest BCUT2D eigenvalue weighted by Gasteiger charge is -2.20. The van der Waals surface area contributed by atoms with Crippen LogP contribution in [-0.2, 0) is 22.2 Å². The van der Waals surface area contributed by atoms with Crippen molar-refractivity contribution in [3.05, 3.63) is 89.0 Å². The van der Waals surface area contributed by atoms with Crippen LogP contribution in [0.4, 0.5) is 18.0 Å². The van der Waals surface area contributed by atoms with Gasteiger partial charge in [0.1, 0.15) is 5.60 Å². The molecule has 0 spiro atoms. The van der Waals surface area contributed by atoms with Gasteiger partial charge in [0, 0.05) is 12.7 Å². The van der Waals surface area contributed by atoms with E-state index in [-0.39, 0.29) is 12.4 Å². The first-order chi connectivity index (χ1) is 19.8. The molecule has 0 radical (unpaired) electrons. The Balaban J connectivity index is 1.50. The third-order valence-electron chi connectivity index (χ3n) is 6.48. The van der Waals surface area contributed by atoms with E-state index in [2.05, 4.69) is 20.6 Å². The lowest BCUT2D eigenvalue weighted by Crippen LogP contribution is -2.32. The van der Waals surface area contributed by atoms with Gasteiger partial charge in [-0.1, -0.05) is 36.4 Å². The molecule has 42 heavy (non-hydrogen) atoms. The Labute approximate surface area is 242 Å². The predicted octanol–water partition coefficient (Wildman–Crippen LogP) is 6.48. The summed E-state index contributed by atoms with van der Waals surface area (Å²) in [5.41, 5.74) is 2.20. The molecule has 2 heterocycles. The summed E-state index contributed by atoms with van der Waals surface area (Å²) in [6.45, 7) is 8.00. The van der Waals surface area contributed by atoms with E-state index in [4.69, 9.17) is 9.47 Å². The number of amides is 2. The Morgan fingerprint density at radius 3 is 2.45 bits per heavy atom. The summed E-state index contributed by atoms with van der Waals surface area (Å²) in [6.07, 6.45) is -1.04. The quantitative estimate of drug-likeness (QED) is 0.331. The number of halogens is 3. The SMILES string of the molecule is C[C@@H](NC(=O)c1nccc(C2=CCOCC2)n1)c1ccc(-c2cc(C(F)(F)F)ccc2CNC(=O)OC(C)(C)C)cc1. The Morgan fingerprint density at radius 2 is 1.81 bits per heavy atom. The Morgan fingerprint density at radius 1 is 1.07 bits per heavy atom. The number of aromatic nitrogens is 2. The van der Waals surface area contributed by atoms with Gasteiger partial charge in [-0.05, 0) is 80.1 Å². The average Bonchev–Trinajstić information content (AvgIpc) is 2.95. The molecule has 0 aliphatic carbocycles. The molecule has 0 fully saturated rings. The number of rotatable bonds is 7. The van der Waals surface area contributed by atoms with Crippen LogP contribution in [0.5, 0.6) is 0 Å². The van der Waals surface area contributed by atoms with Gasteiger partial charge in [0.2, 0.25) is 5.82 Å². The monoisotopic (exact) mass is 582 g/mol. The predicted molar refractivity (Wildman–Crippen MR) is 151 cm³/mol. The van der Waals surface area contributed by atoms with E-state index in [1.807, 2.05) is 6.08 Å². The molecule has 0 saturated carbocycles. The average molecular weight is 583 g/mol. The summed E-state index contributed by atoms with van der Waals surface area (Å²) in [5, 5.41) is 5.48. The van der Waals surface area contributed by atoms with E-state index in [1.54, 1.807) is 58.0 Å². The van der Waals surface area contributed by atoms with Gasteiger partial charge in [0.05, 0.1) is 30.5 Å². The molecule has 1 aliphatic rings. The largest absolute Gasteiger partial charge is 0.444 e. The van der Waals surface area contributed by atoms with Crippen molar-refractivity contribution in [3.8, 4) is 11.1 Å². The molecule has 2 amide bonds. The second-order valence-corrected chi connectivity index (χ2v) is 10.9. The van der Waals surface area contributed by atoms with Gasteiger partial charge in [0.25, 0.3) is 5.91 Å². The van der Waals surface area contributed by atoms with Crippen molar-refractivity contribution >= 4 is 17.6 Å². The van der Waals surface area contributed by atoms with Crippen LogP contribution in [0, 0.1) is 0 Å². The molecule has 8 nitrogen and oxygen atoms in total. The molecule has 3 aromatic rings. The molecule has 2 N–H and O–H groups in total. The third-order valence-corrected chi connectivity index (χ3v) is 6.48. The number of carbonyl (C=O) groups excluding carboxylic acids is 2. The van der Waals surface area contributed by atoms with Crippen molar-refractivity contribution in [2.75, 3.05) is 13.2 Å². The standard InChI is InChI=1S/C31H33F3N4O4/c1-19(37-28(39)27-35-14-11-26(38-27)22-12-15-41-16-13-22)20-5-7-21(8-6-20)25-17-24(31(32,33)34)10-9-23(25)18-36-29(40)42-30(2,3)4/h5-12,14,17,19H,13,15-16,18H2,1-4H3,(H,36,40)(H,37,39)/t19-/m1/s1. The van der Waals surface area contributed by atoms with E-state index < -0.39 is 35.4 Å². The van der Waals surface area contributed by atoms with Crippen LogP contribution in [0.3, 0.4) is 0 Å². The highest BCUT2D eigenvalue weighted by Gasteiger charge is 2.31. The normalized spacial score (nSPS) is 14.5. The number of hydrogen-bond donors (Lipinski definition) is 2. The molecule has 222 valence electrons. The van der Waals surface area contributed by atoms with Gasteiger partial charge in [-0.25, -0.2) is 14.8 Å². The molecule has 1 atom stereocenters. The summed E-state index contributed by atoms with van der Waals surface area (Å²) in [5.74, 6) is -0.413. The molecule has 0 unspecified atom stereocenters. The topological polar surface area (TPSA) is 102 Å². The van der Waals surface area contributed by atoms with E-state index in [9.17, 15) is 22.8 Å². The Bertz CT molecular complexity index is 1460. The third kappa shape index (κ3) is 8.16. The lowest BCUT2D eigenvalue weighted by atomic mass is 9.95. The van der Waals surface area contributed by atoms with E-state index in [1.165, 1.54) is 12.3 Å². The molecule has 2 aromatic carbocycles. The van der Waals surface area contributed by atoms with Crippen molar-refractivity contribution in [1.29, 1.82) is 0 Å². The molecule has 0 saturated heterocycles. The first-order valence-corrected chi connectivity index (χ1v) is 13.5. The van der Waals surface area contributed by atoms with Crippen LogP contribution >= 0.6 is 0 Å². The fraction of sp³-hybridized carbons (Fsp3) is 0.355. The first-order valence-electron chi connectivity index (χ1n) is 13.5. The minimum Gasteiger partial charge on any atom is -0.444 e. The zero-order chi connectivity index (χ0) is 30.5. The van der Waals surface area contributed by atoms with Gasteiger partial charge in [0.15, 0.2) is 0 Å². The second kappa shape index (κ2) is 12.7. The highest BCUT2D eigenvalue weighted by atomic mass is 19.4. The maximum atomic E-state index is 13.5. The minimum absolute atomic E-state index is 0.0282. The lowest BCUT2D eigenvalue weighted by molar-refractivity contribution is -0.137. The number of nitrogens with one attached hydrogen (secondary N) is 2. The number of ether oxygens (including phenoxy) is 2. The zero-order valence-corrected chi connectivity index (χ0v) is 23.8. The van der Waals surface area contributed by atoms with Crippen molar-refractivity contribution in [2.24, 2.45) is 0 Å². The minimum atomic E-state index is -4.54. The molecule has 1 aliphatic heterocycles. The van der Waals surface area contributed by atoms with E-state index in [0.29, 0.717) is 42.0 Å². The number of alkyl carbamates (subject to hydrolysis) is 1. The number of benzene rings is 2. The van der Waals surface area contributed by atoms with Gasteiger partial charge >= 0.3 is 12.3 Å². The number of hydrogen-bond acceptors (Lipinski definition) is 6. The number of alkyl halides is 3. The smallest absolute Gasteiger partial charge is 0.416 e. The molecular formula is C31H33F3N4O4.